The quantitative estimate of drug-likeness (QED) is 0.308. The fourth-order valence-corrected chi connectivity index (χ4v) is 3.03. The molecule has 2 N–H and O–H groups in total. The molecule has 0 fully saturated rings. The maximum absolute atomic E-state index is 5.36. The van der Waals surface area contributed by atoms with Crippen molar-refractivity contribution in [3.63, 3.8) is 0 Å². The molecule has 6 heteroatoms. The Hall–Kier alpha value is -1.28. The molecular weight excluding hydrogens is 421 g/mol. The Morgan fingerprint density at radius 2 is 2.13 bits per heavy atom. The number of hydrogen-bond donors (Lipinski definition) is 2. The SMILES string of the molecule is C1=CCC(NC(=NCc2cccs2)NCCc2ccco2)C1.I. The molecule has 0 saturated heterocycles. The summed E-state index contributed by atoms with van der Waals surface area (Å²) in [4.78, 5) is 5.97. The van der Waals surface area contributed by atoms with Gasteiger partial charge in [0.1, 0.15) is 5.76 Å². The van der Waals surface area contributed by atoms with E-state index >= 15 is 0 Å². The van der Waals surface area contributed by atoms with E-state index in [9.17, 15) is 0 Å². The molecule has 0 saturated carbocycles. The molecule has 0 aromatic carbocycles. The minimum absolute atomic E-state index is 0. The third kappa shape index (κ3) is 6.02. The summed E-state index contributed by atoms with van der Waals surface area (Å²) in [5, 5.41) is 9.00. The summed E-state index contributed by atoms with van der Waals surface area (Å²) in [5.41, 5.74) is 0. The predicted molar refractivity (Wildman–Crippen MR) is 107 cm³/mol. The Bertz CT molecular complexity index is 600. The van der Waals surface area contributed by atoms with E-state index in [1.165, 1.54) is 4.88 Å². The van der Waals surface area contributed by atoms with Gasteiger partial charge in [-0.1, -0.05) is 18.2 Å². The first kappa shape index (κ1) is 18.1. The van der Waals surface area contributed by atoms with Crippen molar-refractivity contribution in [2.24, 2.45) is 4.99 Å². The number of nitrogens with zero attached hydrogens (tertiary/aromatic N) is 1. The number of furan rings is 1. The third-order valence-electron chi connectivity index (χ3n) is 3.57. The van der Waals surface area contributed by atoms with E-state index in [4.69, 9.17) is 9.41 Å². The van der Waals surface area contributed by atoms with E-state index in [1.54, 1.807) is 17.6 Å². The fraction of sp³-hybridized carbons (Fsp3) is 0.353. The molecule has 0 amide bonds. The van der Waals surface area contributed by atoms with Crippen LogP contribution in [-0.4, -0.2) is 18.5 Å². The van der Waals surface area contributed by atoms with Gasteiger partial charge >= 0.3 is 0 Å². The summed E-state index contributed by atoms with van der Waals surface area (Å²) >= 11 is 1.74. The van der Waals surface area contributed by atoms with Crippen LogP contribution < -0.4 is 10.6 Å². The predicted octanol–water partition coefficient (Wildman–Crippen LogP) is 3.96. The van der Waals surface area contributed by atoms with Gasteiger partial charge in [0.25, 0.3) is 0 Å². The van der Waals surface area contributed by atoms with E-state index in [-0.39, 0.29) is 24.0 Å². The summed E-state index contributed by atoms with van der Waals surface area (Å²) in [6.45, 7) is 1.53. The minimum atomic E-state index is 0. The molecule has 0 spiro atoms. The molecule has 2 heterocycles. The number of guanidine groups is 1. The monoisotopic (exact) mass is 443 g/mol. The van der Waals surface area contributed by atoms with E-state index < -0.39 is 0 Å². The van der Waals surface area contributed by atoms with Crippen LogP contribution in [0.1, 0.15) is 23.5 Å². The third-order valence-corrected chi connectivity index (χ3v) is 4.43. The zero-order valence-corrected chi connectivity index (χ0v) is 16.1. The number of halogens is 1. The first-order valence-electron chi connectivity index (χ1n) is 7.65. The van der Waals surface area contributed by atoms with Gasteiger partial charge < -0.3 is 15.1 Å². The van der Waals surface area contributed by atoms with Crippen molar-refractivity contribution in [3.05, 3.63) is 58.7 Å². The number of thiophene rings is 1. The Morgan fingerprint density at radius 1 is 1.26 bits per heavy atom. The van der Waals surface area contributed by atoms with Crippen molar-refractivity contribution in [1.29, 1.82) is 0 Å². The summed E-state index contributed by atoms with van der Waals surface area (Å²) in [6.07, 6.45) is 9.14. The molecule has 0 atom stereocenters. The van der Waals surface area contributed by atoms with Crippen LogP contribution in [-0.2, 0) is 13.0 Å². The van der Waals surface area contributed by atoms with Crippen molar-refractivity contribution in [3.8, 4) is 0 Å². The number of aliphatic imine (C=N–C) groups is 1. The van der Waals surface area contributed by atoms with Gasteiger partial charge in [-0.05, 0) is 36.4 Å². The topological polar surface area (TPSA) is 49.6 Å². The second kappa shape index (κ2) is 9.77. The van der Waals surface area contributed by atoms with Crippen LogP contribution in [0.4, 0.5) is 0 Å². The number of hydrogen-bond acceptors (Lipinski definition) is 3. The smallest absolute Gasteiger partial charge is 0.191 e. The fourth-order valence-electron chi connectivity index (χ4n) is 2.40. The highest BCUT2D eigenvalue weighted by molar-refractivity contribution is 14.0. The molecule has 0 radical (unpaired) electrons. The molecule has 1 aliphatic carbocycles. The Balaban J connectivity index is 0.00000192. The van der Waals surface area contributed by atoms with E-state index in [1.807, 2.05) is 12.1 Å². The summed E-state index contributed by atoms with van der Waals surface area (Å²) in [5.74, 6) is 1.88. The first-order chi connectivity index (χ1) is 10.9. The van der Waals surface area contributed by atoms with Crippen LogP contribution in [0.25, 0.3) is 0 Å². The molecule has 23 heavy (non-hydrogen) atoms. The highest BCUT2D eigenvalue weighted by atomic mass is 127. The van der Waals surface area contributed by atoms with Crippen LogP contribution in [0.3, 0.4) is 0 Å². The Kier molecular flexibility index (Phi) is 7.67. The van der Waals surface area contributed by atoms with Crippen LogP contribution in [0.15, 0.2) is 57.5 Å². The number of rotatable bonds is 6. The lowest BCUT2D eigenvalue weighted by Gasteiger charge is -2.17. The molecular formula is C17H22IN3OS. The normalized spacial score (nSPS) is 14.7. The molecule has 2 aromatic rings. The molecule has 2 aromatic heterocycles. The van der Waals surface area contributed by atoms with Crippen molar-refractivity contribution >= 4 is 41.3 Å². The van der Waals surface area contributed by atoms with Gasteiger partial charge in [0.2, 0.25) is 0 Å². The van der Waals surface area contributed by atoms with Gasteiger partial charge in [0.05, 0.1) is 12.8 Å². The standard InChI is InChI=1S/C17H21N3OS.HI/c1-2-6-14(5-1)20-17(19-13-16-8-4-12-22-16)18-10-9-15-7-3-11-21-15;/h1-4,7-8,11-12,14H,5-6,9-10,13H2,(H2,18,19,20);1H. The average Bonchev–Trinajstić information content (AvgIpc) is 3.28. The van der Waals surface area contributed by atoms with Gasteiger partial charge in [0.15, 0.2) is 5.96 Å². The van der Waals surface area contributed by atoms with Gasteiger partial charge in [-0.25, -0.2) is 4.99 Å². The second-order valence-electron chi connectivity index (χ2n) is 5.28. The zero-order valence-electron chi connectivity index (χ0n) is 12.9. The van der Waals surface area contributed by atoms with Crippen molar-refractivity contribution < 1.29 is 4.42 Å². The maximum atomic E-state index is 5.36. The lowest BCUT2D eigenvalue weighted by molar-refractivity contribution is 0.506. The summed E-state index contributed by atoms with van der Waals surface area (Å²) in [7, 11) is 0. The summed E-state index contributed by atoms with van der Waals surface area (Å²) < 4.78 is 5.36. The largest absolute Gasteiger partial charge is 0.469 e. The lowest BCUT2D eigenvalue weighted by atomic mass is 10.2. The summed E-state index contributed by atoms with van der Waals surface area (Å²) in [6, 6.07) is 8.56. The van der Waals surface area contributed by atoms with Crippen molar-refractivity contribution in [2.45, 2.75) is 31.8 Å². The molecule has 3 rings (SSSR count). The van der Waals surface area contributed by atoms with Gasteiger partial charge in [-0.15, -0.1) is 35.3 Å². The van der Waals surface area contributed by atoms with Crippen LogP contribution in [0.5, 0.6) is 0 Å². The highest BCUT2D eigenvalue weighted by Gasteiger charge is 2.12. The highest BCUT2D eigenvalue weighted by Crippen LogP contribution is 2.11. The maximum Gasteiger partial charge on any atom is 0.191 e. The molecule has 4 nitrogen and oxygen atoms in total. The van der Waals surface area contributed by atoms with Gasteiger partial charge in [-0.3, -0.25) is 0 Å². The molecule has 0 bridgehead atoms. The van der Waals surface area contributed by atoms with Crippen LogP contribution in [0, 0.1) is 0 Å². The molecule has 124 valence electrons. The first-order valence-corrected chi connectivity index (χ1v) is 8.53. The Morgan fingerprint density at radius 3 is 2.83 bits per heavy atom. The van der Waals surface area contributed by atoms with E-state index in [2.05, 4.69) is 40.3 Å². The lowest BCUT2D eigenvalue weighted by Crippen LogP contribution is -2.43. The van der Waals surface area contributed by atoms with E-state index in [0.29, 0.717) is 12.6 Å². The van der Waals surface area contributed by atoms with Crippen molar-refractivity contribution in [2.75, 3.05) is 6.54 Å². The molecule has 1 aliphatic rings. The van der Waals surface area contributed by atoms with Gasteiger partial charge in [-0.2, -0.15) is 0 Å². The van der Waals surface area contributed by atoms with Gasteiger partial charge in [0, 0.05) is 23.9 Å². The molecule has 0 unspecified atom stereocenters. The van der Waals surface area contributed by atoms with Crippen molar-refractivity contribution in [1.82, 2.24) is 10.6 Å². The van der Waals surface area contributed by atoms with E-state index in [0.717, 1.165) is 37.5 Å². The molecule has 0 aliphatic heterocycles. The number of nitrogens with one attached hydrogen (secondary N) is 2. The second-order valence-corrected chi connectivity index (χ2v) is 6.32. The van der Waals surface area contributed by atoms with Crippen LogP contribution in [0.2, 0.25) is 0 Å². The Labute approximate surface area is 158 Å². The van der Waals surface area contributed by atoms with Crippen LogP contribution >= 0.6 is 35.3 Å². The zero-order chi connectivity index (χ0) is 15.0. The minimum Gasteiger partial charge on any atom is -0.469 e. The average molecular weight is 443 g/mol.